The molecular formula is C23H18F3N3O4S2. The molecule has 0 spiro atoms. The van der Waals surface area contributed by atoms with Gasteiger partial charge in [0.1, 0.15) is 0 Å². The highest BCUT2D eigenvalue weighted by Gasteiger charge is 2.34. The average molecular weight is 522 g/mol. The lowest BCUT2D eigenvalue weighted by Crippen LogP contribution is -2.26. The second-order valence-corrected chi connectivity index (χ2v) is 10.7. The third-order valence-corrected chi connectivity index (χ3v) is 7.63. The molecule has 12 heteroatoms. The number of carbonyl (C=O) groups excluding carboxylic acids is 2. The van der Waals surface area contributed by atoms with Gasteiger partial charge in [0.05, 0.1) is 27.1 Å². The summed E-state index contributed by atoms with van der Waals surface area (Å²) < 4.78 is 66.7. The zero-order valence-electron chi connectivity index (χ0n) is 18.0. The fourth-order valence-corrected chi connectivity index (χ4v) is 5.30. The van der Waals surface area contributed by atoms with Crippen LogP contribution in [0.15, 0.2) is 76.5 Å². The van der Waals surface area contributed by atoms with Crippen molar-refractivity contribution >= 4 is 50.7 Å². The van der Waals surface area contributed by atoms with Crippen LogP contribution in [0.2, 0.25) is 0 Å². The predicted octanol–water partition coefficient (Wildman–Crippen LogP) is 5.19. The molecule has 0 bridgehead atoms. The van der Waals surface area contributed by atoms with E-state index in [1.165, 1.54) is 42.1 Å². The lowest BCUT2D eigenvalue weighted by Gasteiger charge is -2.21. The summed E-state index contributed by atoms with van der Waals surface area (Å²) in [6.45, 7) is 1.78. The normalized spacial score (nSPS) is 15.7. The van der Waals surface area contributed by atoms with Crippen LogP contribution in [0.3, 0.4) is 0 Å². The van der Waals surface area contributed by atoms with E-state index in [-0.39, 0.29) is 27.3 Å². The molecule has 1 atom stereocenters. The van der Waals surface area contributed by atoms with Crippen LogP contribution in [0, 0.1) is 0 Å². The second-order valence-electron chi connectivity index (χ2n) is 7.59. The third kappa shape index (κ3) is 5.43. The lowest BCUT2D eigenvalue weighted by atomic mass is 10.1. The first-order valence-corrected chi connectivity index (χ1v) is 12.5. The van der Waals surface area contributed by atoms with E-state index in [4.69, 9.17) is 0 Å². The van der Waals surface area contributed by atoms with Gasteiger partial charge in [0.15, 0.2) is 0 Å². The van der Waals surface area contributed by atoms with Gasteiger partial charge in [-0.1, -0.05) is 12.1 Å². The van der Waals surface area contributed by atoms with Crippen LogP contribution < -0.4 is 15.4 Å². The molecule has 0 saturated carbocycles. The molecule has 3 N–H and O–H groups in total. The van der Waals surface area contributed by atoms with Gasteiger partial charge >= 0.3 is 6.18 Å². The molecule has 1 aliphatic rings. The number of halogens is 3. The number of anilines is 3. The van der Waals surface area contributed by atoms with Crippen molar-refractivity contribution < 1.29 is 31.2 Å². The Morgan fingerprint density at radius 2 is 1.71 bits per heavy atom. The van der Waals surface area contributed by atoms with E-state index >= 15 is 0 Å². The molecule has 2 amide bonds. The molecule has 7 nitrogen and oxygen atoms in total. The predicted molar refractivity (Wildman–Crippen MR) is 127 cm³/mol. The summed E-state index contributed by atoms with van der Waals surface area (Å²) in [5.74, 6) is -0.651. The van der Waals surface area contributed by atoms with Crippen molar-refractivity contribution in [3.05, 3.63) is 77.9 Å². The minimum absolute atomic E-state index is 0.164. The van der Waals surface area contributed by atoms with Crippen molar-refractivity contribution in [1.82, 2.24) is 0 Å². The molecular weight excluding hydrogens is 503 g/mol. The summed E-state index contributed by atoms with van der Waals surface area (Å²) in [6, 6.07) is 14.1. The van der Waals surface area contributed by atoms with Crippen molar-refractivity contribution in [2.24, 2.45) is 0 Å². The van der Waals surface area contributed by atoms with Crippen molar-refractivity contribution in [1.29, 1.82) is 0 Å². The highest BCUT2D eigenvalue weighted by atomic mass is 32.2. The van der Waals surface area contributed by atoms with Crippen molar-refractivity contribution in [3.63, 3.8) is 0 Å². The molecule has 3 aromatic rings. The number of para-hydroxylation sites is 1. The van der Waals surface area contributed by atoms with E-state index in [9.17, 15) is 31.2 Å². The maximum atomic E-state index is 13.2. The van der Waals surface area contributed by atoms with Gasteiger partial charge in [0.2, 0.25) is 5.91 Å². The number of benzene rings is 3. The number of sulfonamides is 1. The monoisotopic (exact) mass is 521 g/mol. The van der Waals surface area contributed by atoms with E-state index in [1.54, 1.807) is 25.1 Å². The van der Waals surface area contributed by atoms with Crippen LogP contribution in [-0.4, -0.2) is 25.5 Å². The topological polar surface area (TPSA) is 104 Å². The zero-order chi connectivity index (χ0) is 25.4. The Labute approximate surface area is 203 Å². The van der Waals surface area contributed by atoms with E-state index in [0.717, 1.165) is 23.1 Å². The molecule has 0 saturated heterocycles. The van der Waals surface area contributed by atoms with Crippen LogP contribution in [0.4, 0.5) is 30.2 Å². The lowest BCUT2D eigenvalue weighted by molar-refractivity contribution is -0.136. The molecule has 0 radical (unpaired) electrons. The van der Waals surface area contributed by atoms with E-state index in [1.807, 2.05) is 4.72 Å². The Kier molecular flexibility index (Phi) is 6.52. The fraction of sp³-hybridized carbons (Fsp3) is 0.130. The van der Waals surface area contributed by atoms with Crippen LogP contribution in [0.25, 0.3) is 0 Å². The molecule has 1 heterocycles. The quantitative estimate of drug-likeness (QED) is 0.429. The largest absolute Gasteiger partial charge is 0.418 e. The third-order valence-electron chi connectivity index (χ3n) is 5.07. The molecule has 3 aromatic carbocycles. The molecule has 1 unspecified atom stereocenters. The standard InChI is InChI=1S/C23H18F3N3O4S2/c1-13-21(30)28-19-12-14(6-11-20(19)34-13)22(31)27-15-7-9-16(10-8-15)35(32,33)29-18-5-3-2-4-17(18)23(24,25)26/h2-13,29H,1H3,(H,27,31)(H,28,30). The van der Waals surface area contributed by atoms with Crippen LogP contribution in [-0.2, 0) is 21.0 Å². The summed E-state index contributed by atoms with van der Waals surface area (Å²) in [7, 11) is -4.32. The first-order chi connectivity index (χ1) is 16.4. The molecule has 4 rings (SSSR count). The summed E-state index contributed by atoms with van der Waals surface area (Å²) in [4.78, 5) is 25.1. The number of hydrogen-bond donors (Lipinski definition) is 3. The minimum atomic E-state index is -4.73. The number of thioether (sulfide) groups is 1. The van der Waals surface area contributed by atoms with E-state index in [0.29, 0.717) is 5.69 Å². The van der Waals surface area contributed by atoms with Crippen molar-refractivity contribution in [3.8, 4) is 0 Å². The van der Waals surface area contributed by atoms with Crippen LogP contribution >= 0.6 is 11.8 Å². The molecule has 0 aliphatic carbocycles. The molecule has 0 fully saturated rings. The highest BCUT2D eigenvalue weighted by Crippen LogP contribution is 2.37. The van der Waals surface area contributed by atoms with Gasteiger partial charge in [-0.25, -0.2) is 8.42 Å². The van der Waals surface area contributed by atoms with Gasteiger partial charge in [0, 0.05) is 16.1 Å². The average Bonchev–Trinajstić information content (AvgIpc) is 2.79. The number of amides is 2. The number of fused-ring (bicyclic) bond motifs is 1. The maximum Gasteiger partial charge on any atom is 0.418 e. The number of rotatable bonds is 5. The summed E-state index contributed by atoms with van der Waals surface area (Å²) in [5, 5.41) is 5.12. The van der Waals surface area contributed by atoms with Gasteiger partial charge in [-0.05, 0) is 61.5 Å². The smallest absolute Gasteiger partial charge is 0.324 e. The van der Waals surface area contributed by atoms with E-state index in [2.05, 4.69) is 10.6 Å². The van der Waals surface area contributed by atoms with Crippen LogP contribution in [0.5, 0.6) is 0 Å². The number of carbonyl (C=O) groups is 2. The Bertz CT molecular complexity index is 1410. The van der Waals surface area contributed by atoms with Gasteiger partial charge < -0.3 is 10.6 Å². The molecule has 0 aromatic heterocycles. The Hall–Kier alpha value is -3.51. The molecule has 35 heavy (non-hydrogen) atoms. The number of nitrogens with one attached hydrogen (secondary N) is 3. The molecule has 1 aliphatic heterocycles. The molecule has 182 valence electrons. The minimum Gasteiger partial charge on any atom is -0.324 e. The Morgan fingerprint density at radius 3 is 2.40 bits per heavy atom. The van der Waals surface area contributed by atoms with Gasteiger partial charge in [-0.2, -0.15) is 13.2 Å². The van der Waals surface area contributed by atoms with Crippen molar-refractivity contribution in [2.45, 2.75) is 28.1 Å². The second kappa shape index (κ2) is 9.27. The van der Waals surface area contributed by atoms with Gasteiger partial charge in [-0.3, -0.25) is 14.3 Å². The maximum absolute atomic E-state index is 13.2. The number of alkyl halides is 3. The van der Waals surface area contributed by atoms with Gasteiger partial charge in [0.25, 0.3) is 15.9 Å². The van der Waals surface area contributed by atoms with Crippen molar-refractivity contribution in [2.75, 3.05) is 15.4 Å². The highest BCUT2D eigenvalue weighted by molar-refractivity contribution is 8.01. The summed E-state index contributed by atoms with van der Waals surface area (Å²) >= 11 is 1.38. The Morgan fingerprint density at radius 1 is 1.03 bits per heavy atom. The van der Waals surface area contributed by atoms with E-state index < -0.39 is 33.4 Å². The summed E-state index contributed by atoms with van der Waals surface area (Å²) in [5.41, 5.74) is -0.626. The Balaban J connectivity index is 1.48. The number of hydrogen-bond acceptors (Lipinski definition) is 5. The zero-order valence-corrected chi connectivity index (χ0v) is 19.6. The SMILES string of the molecule is CC1Sc2ccc(C(=O)Nc3ccc(S(=O)(=O)Nc4ccccc4C(F)(F)F)cc3)cc2NC1=O. The first kappa shape index (κ1) is 24.6. The fourth-order valence-electron chi connectivity index (χ4n) is 3.29. The van der Waals surface area contributed by atoms with Crippen LogP contribution in [0.1, 0.15) is 22.8 Å². The first-order valence-electron chi connectivity index (χ1n) is 10.2. The van der Waals surface area contributed by atoms with Gasteiger partial charge in [-0.15, -0.1) is 11.8 Å². The summed E-state index contributed by atoms with van der Waals surface area (Å²) in [6.07, 6.45) is -4.73.